The van der Waals surface area contributed by atoms with Gasteiger partial charge < -0.3 is 4.90 Å². The van der Waals surface area contributed by atoms with Gasteiger partial charge in [-0.25, -0.2) is 17.6 Å². The molecule has 1 amide bonds. The highest BCUT2D eigenvalue weighted by Crippen LogP contribution is 2.27. The fraction of sp³-hybridized carbons (Fsp3) is 0.200. The summed E-state index contributed by atoms with van der Waals surface area (Å²) in [7, 11) is 0. The van der Waals surface area contributed by atoms with Gasteiger partial charge in [0.15, 0.2) is 17.5 Å². The molecule has 0 unspecified atom stereocenters. The van der Waals surface area contributed by atoms with Crippen LogP contribution in [0.2, 0.25) is 0 Å². The first-order valence-electron chi connectivity index (χ1n) is 8.64. The Morgan fingerprint density at radius 1 is 1.00 bits per heavy atom. The number of aromatic nitrogens is 2. The lowest BCUT2D eigenvalue weighted by molar-refractivity contribution is -0.131. The summed E-state index contributed by atoms with van der Waals surface area (Å²) in [6.45, 7) is 1.12. The van der Waals surface area contributed by atoms with Crippen LogP contribution in [0.15, 0.2) is 42.6 Å². The van der Waals surface area contributed by atoms with Gasteiger partial charge in [0, 0.05) is 12.1 Å². The number of carbonyl (C=O) groups excluding carboxylic acids is 1. The van der Waals surface area contributed by atoms with Crippen LogP contribution >= 0.6 is 0 Å². The summed E-state index contributed by atoms with van der Waals surface area (Å²) in [5, 5.41) is 4.31. The van der Waals surface area contributed by atoms with Crippen LogP contribution in [0.25, 0.3) is 11.1 Å². The molecule has 0 N–H and O–H groups in total. The van der Waals surface area contributed by atoms with Crippen molar-refractivity contribution in [3.8, 4) is 11.1 Å². The van der Waals surface area contributed by atoms with E-state index in [9.17, 15) is 22.4 Å². The van der Waals surface area contributed by atoms with Crippen molar-refractivity contribution in [3.05, 3.63) is 77.1 Å². The molecule has 0 spiro atoms. The fourth-order valence-electron chi connectivity index (χ4n) is 3.33. The molecule has 0 saturated heterocycles. The largest absolute Gasteiger partial charge is 0.335 e. The molecule has 8 heteroatoms. The zero-order valence-corrected chi connectivity index (χ0v) is 14.6. The second-order valence-corrected chi connectivity index (χ2v) is 6.60. The quantitative estimate of drug-likeness (QED) is 0.506. The molecule has 3 aromatic rings. The number of nitrogens with zero attached hydrogens (tertiary/aromatic N) is 3. The Morgan fingerprint density at radius 3 is 2.36 bits per heavy atom. The molecule has 0 radical (unpaired) electrons. The number of hydrogen-bond donors (Lipinski definition) is 0. The predicted octanol–water partition coefficient (Wildman–Crippen LogP) is 3.69. The van der Waals surface area contributed by atoms with Crippen LogP contribution in [-0.2, 0) is 24.3 Å². The number of amides is 1. The fourth-order valence-corrected chi connectivity index (χ4v) is 3.33. The molecule has 1 aliphatic heterocycles. The number of hydrogen-bond acceptors (Lipinski definition) is 2. The van der Waals surface area contributed by atoms with Crippen molar-refractivity contribution < 1.29 is 22.4 Å². The third kappa shape index (κ3) is 3.37. The molecule has 2 heterocycles. The van der Waals surface area contributed by atoms with Gasteiger partial charge in [-0.15, -0.1) is 0 Å². The van der Waals surface area contributed by atoms with Gasteiger partial charge in [0.2, 0.25) is 5.91 Å². The van der Waals surface area contributed by atoms with Gasteiger partial charge in [0.25, 0.3) is 0 Å². The molecule has 0 fully saturated rings. The summed E-state index contributed by atoms with van der Waals surface area (Å²) in [4.78, 5) is 14.2. The first-order chi connectivity index (χ1) is 13.4. The molecule has 1 aliphatic rings. The van der Waals surface area contributed by atoms with E-state index in [1.807, 2.05) is 0 Å². The van der Waals surface area contributed by atoms with Gasteiger partial charge in [-0.2, -0.15) is 5.10 Å². The first-order valence-corrected chi connectivity index (χ1v) is 8.64. The average Bonchev–Trinajstić information content (AvgIpc) is 3.10. The van der Waals surface area contributed by atoms with Crippen molar-refractivity contribution in [1.82, 2.24) is 14.7 Å². The van der Waals surface area contributed by atoms with E-state index < -0.39 is 17.5 Å². The van der Waals surface area contributed by atoms with Crippen LogP contribution in [0.5, 0.6) is 0 Å². The lowest BCUT2D eigenvalue weighted by Crippen LogP contribution is -2.39. The highest BCUT2D eigenvalue weighted by molar-refractivity contribution is 5.79. The standard InChI is InChI=1S/C20H15F4N3O/c21-14-3-1-13(2-4-14)15-10-25-27-6-5-26(11-18(15)27)19(28)9-12-7-16(22)20(24)17(23)8-12/h1-4,7-8,10H,5-6,9,11H2. The summed E-state index contributed by atoms with van der Waals surface area (Å²) < 4.78 is 54.8. The van der Waals surface area contributed by atoms with Crippen LogP contribution in [0.4, 0.5) is 17.6 Å². The molecule has 144 valence electrons. The number of halogens is 4. The molecule has 2 aromatic carbocycles. The second kappa shape index (κ2) is 7.10. The molecule has 0 saturated carbocycles. The highest BCUT2D eigenvalue weighted by atomic mass is 19.2. The van der Waals surface area contributed by atoms with Gasteiger partial charge >= 0.3 is 0 Å². The smallest absolute Gasteiger partial charge is 0.227 e. The van der Waals surface area contributed by atoms with Crippen LogP contribution in [0.3, 0.4) is 0 Å². The van der Waals surface area contributed by atoms with E-state index in [-0.39, 0.29) is 30.3 Å². The lowest BCUT2D eigenvalue weighted by atomic mass is 10.0. The number of rotatable bonds is 3. The van der Waals surface area contributed by atoms with Crippen LogP contribution < -0.4 is 0 Å². The molecular weight excluding hydrogens is 374 g/mol. The van der Waals surface area contributed by atoms with Gasteiger partial charge in [-0.3, -0.25) is 9.48 Å². The van der Waals surface area contributed by atoms with E-state index in [4.69, 9.17) is 0 Å². The van der Waals surface area contributed by atoms with Crippen molar-refractivity contribution in [2.75, 3.05) is 6.54 Å². The minimum atomic E-state index is -1.55. The van der Waals surface area contributed by atoms with Crippen molar-refractivity contribution in [2.45, 2.75) is 19.5 Å². The van der Waals surface area contributed by atoms with E-state index in [0.717, 1.165) is 29.0 Å². The van der Waals surface area contributed by atoms with Crippen molar-refractivity contribution in [3.63, 3.8) is 0 Å². The Balaban J connectivity index is 1.54. The van der Waals surface area contributed by atoms with Crippen molar-refractivity contribution >= 4 is 5.91 Å². The maximum Gasteiger partial charge on any atom is 0.227 e. The number of benzene rings is 2. The molecule has 0 atom stereocenters. The molecular formula is C20H15F4N3O. The van der Waals surface area contributed by atoms with E-state index >= 15 is 0 Å². The van der Waals surface area contributed by atoms with Crippen molar-refractivity contribution in [1.29, 1.82) is 0 Å². The minimum Gasteiger partial charge on any atom is -0.335 e. The molecule has 0 bridgehead atoms. The highest BCUT2D eigenvalue weighted by Gasteiger charge is 2.25. The van der Waals surface area contributed by atoms with Crippen LogP contribution in [0.1, 0.15) is 11.3 Å². The summed E-state index contributed by atoms with van der Waals surface area (Å²) in [6.07, 6.45) is 1.43. The van der Waals surface area contributed by atoms with E-state index in [1.54, 1.807) is 27.9 Å². The van der Waals surface area contributed by atoms with Crippen molar-refractivity contribution in [2.24, 2.45) is 0 Å². The monoisotopic (exact) mass is 389 g/mol. The Bertz CT molecular complexity index is 1020. The summed E-state index contributed by atoms with van der Waals surface area (Å²) >= 11 is 0. The van der Waals surface area contributed by atoms with Gasteiger partial charge in [0.1, 0.15) is 5.82 Å². The Kier molecular flexibility index (Phi) is 4.62. The Hall–Kier alpha value is -3.16. The normalized spacial score (nSPS) is 13.5. The van der Waals surface area contributed by atoms with Gasteiger partial charge in [-0.05, 0) is 35.4 Å². The zero-order chi connectivity index (χ0) is 19.8. The third-order valence-corrected chi connectivity index (χ3v) is 4.78. The summed E-state index contributed by atoms with van der Waals surface area (Å²) in [5.74, 6) is -4.87. The molecule has 1 aromatic heterocycles. The number of carbonyl (C=O) groups is 1. The molecule has 0 aliphatic carbocycles. The molecule has 28 heavy (non-hydrogen) atoms. The van der Waals surface area contributed by atoms with E-state index in [0.29, 0.717) is 13.1 Å². The Labute approximate surface area is 158 Å². The minimum absolute atomic E-state index is 0.0687. The van der Waals surface area contributed by atoms with Crippen LogP contribution in [-0.4, -0.2) is 27.1 Å². The maximum absolute atomic E-state index is 13.4. The average molecular weight is 389 g/mol. The van der Waals surface area contributed by atoms with Gasteiger partial charge in [0.05, 0.1) is 31.4 Å². The van der Waals surface area contributed by atoms with E-state index in [1.165, 1.54) is 12.1 Å². The molecule has 4 rings (SSSR count). The first kappa shape index (κ1) is 18.2. The zero-order valence-electron chi connectivity index (χ0n) is 14.6. The SMILES string of the molecule is O=C(Cc1cc(F)c(F)c(F)c1)N1CCn2ncc(-c3ccc(F)cc3)c2C1. The van der Waals surface area contributed by atoms with Crippen LogP contribution in [0, 0.1) is 23.3 Å². The van der Waals surface area contributed by atoms with Gasteiger partial charge in [-0.1, -0.05) is 12.1 Å². The topological polar surface area (TPSA) is 38.1 Å². The maximum atomic E-state index is 13.4. The van der Waals surface area contributed by atoms with E-state index in [2.05, 4.69) is 5.10 Å². The second-order valence-electron chi connectivity index (χ2n) is 6.60. The molecule has 4 nitrogen and oxygen atoms in total. The Morgan fingerprint density at radius 2 is 1.68 bits per heavy atom. The summed E-state index contributed by atoms with van der Waals surface area (Å²) in [6, 6.07) is 7.63. The lowest BCUT2D eigenvalue weighted by Gasteiger charge is -2.28. The third-order valence-electron chi connectivity index (χ3n) is 4.78. The summed E-state index contributed by atoms with van der Waals surface area (Å²) in [5.41, 5.74) is 2.43. The predicted molar refractivity (Wildman–Crippen MR) is 93.1 cm³/mol. The number of fused-ring (bicyclic) bond motifs is 1.